The van der Waals surface area contributed by atoms with Crippen LogP contribution in [0.2, 0.25) is 0 Å². The fourth-order valence-corrected chi connectivity index (χ4v) is 2.18. The predicted octanol–water partition coefficient (Wildman–Crippen LogP) is 4.32. The summed E-state index contributed by atoms with van der Waals surface area (Å²) in [4.78, 5) is 0. The molecule has 0 aliphatic rings. The third-order valence-electron chi connectivity index (χ3n) is 3.03. The topological polar surface area (TPSA) is 20.2 Å². The second kappa shape index (κ2) is 4.46. The van der Waals surface area contributed by atoms with Gasteiger partial charge in [-0.15, -0.1) is 0 Å². The maximum absolute atomic E-state index is 10.1. The van der Waals surface area contributed by atoms with Gasteiger partial charge in [-0.1, -0.05) is 43.0 Å². The van der Waals surface area contributed by atoms with Crippen LogP contribution < -0.4 is 0 Å². The van der Waals surface area contributed by atoms with Crippen LogP contribution in [0.25, 0.3) is 17.2 Å². The van der Waals surface area contributed by atoms with Crippen LogP contribution in [0.1, 0.15) is 16.7 Å². The van der Waals surface area contributed by atoms with Crippen LogP contribution in [-0.2, 0) is 0 Å². The summed E-state index contributed by atoms with van der Waals surface area (Å²) in [6.07, 6.45) is 1.83. The maximum Gasteiger partial charge on any atom is 0.123 e. The molecule has 0 aliphatic heterocycles. The lowest BCUT2D eigenvalue weighted by molar-refractivity contribution is 0.477. The number of aryl methyl sites for hydroxylation is 2. The molecule has 86 valence electrons. The molecule has 0 saturated carbocycles. The number of hydrogen-bond acceptors (Lipinski definition) is 1. The van der Waals surface area contributed by atoms with Crippen LogP contribution in [0.5, 0.6) is 5.75 Å². The maximum atomic E-state index is 10.1. The highest BCUT2D eigenvalue weighted by molar-refractivity contribution is 5.83. The molecule has 0 radical (unpaired) electrons. The zero-order chi connectivity index (χ0) is 12.4. The van der Waals surface area contributed by atoms with E-state index in [0.717, 1.165) is 27.8 Å². The molecule has 0 heterocycles. The quantitative estimate of drug-likeness (QED) is 0.805. The molecular formula is C16H16O. The van der Waals surface area contributed by atoms with E-state index in [9.17, 15) is 5.11 Å². The van der Waals surface area contributed by atoms with Gasteiger partial charge in [0.05, 0.1) is 0 Å². The van der Waals surface area contributed by atoms with Crippen molar-refractivity contribution in [2.24, 2.45) is 0 Å². The van der Waals surface area contributed by atoms with Gasteiger partial charge in [0.15, 0.2) is 0 Å². The lowest BCUT2D eigenvalue weighted by Crippen LogP contribution is -1.91. The van der Waals surface area contributed by atoms with Gasteiger partial charge in [-0.05, 0) is 42.2 Å². The van der Waals surface area contributed by atoms with Gasteiger partial charge in [0.2, 0.25) is 0 Å². The first-order chi connectivity index (χ1) is 8.15. The summed E-state index contributed by atoms with van der Waals surface area (Å²) >= 11 is 0. The fourth-order valence-electron chi connectivity index (χ4n) is 2.18. The summed E-state index contributed by atoms with van der Waals surface area (Å²) in [7, 11) is 0. The highest BCUT2D eigenvalue weighted by atomic mass is 16.3. The molecule has 0 unspecified atom stereocenters. The van der Waals surface area contributed by atoms with Crippen LogP contribution in [0, 0.1) is 13.8 Å². The number of phenols is 1. The lowest BCUT2D eigenvalue weighted by atomic mass is 9.91. The van der Waals surface area contributed by atoms with Crippen LogP contribution in [0.3, 0.4) is 0 Å². The van der Waals surface area contributed by atoms with Crippen LogP contribution in [0.15, 0.2) is 43.0 Å². The molecule has 1 N–H and O–H groups in total. The highest BCUT2D eigenvalue weighted by Gasteiger charge is 2.12. The molecule has 2 aromatic rings. The number of benzene rings is 2. The Balaban J connectivity index is 2.81. The van der Waals surface area contributed by atoms with Gasteiger partial charge >= 0.3 is 0 Å². The zero-order valence-electron chi connectivity index (χ0n) is 10.2. The first-order valence-electron chi connectivity index (χ1n) is 5.66. The minimum Gasteiger partial charge on any atom is -0.507 e. The van der Waals surface area contributed by atoms with Crippen LogP contribution >= 0.6 is 0 Å². The second-order valence-corrected chi connectivity index (χ2v) is 4.21. The van der Waals surface area contributed by atoms with E-state index in [1.54, 1.807) is 6.07 Å². The van der Waals surface area contributed by atoms with Crippen molar-refractivity contribution in [3.63, 3.8) is 0 Å². The van der Waals surface area contributed by atoms with Crippen LogP contribution in [0.4, 0.5) is 0 Å². The Morgan fingerprint density at radius 2 is 1.53 bits per heavy atom. The Morgan fingerprint density at radius 1 is 0.941 bits per heavy atom. The molecule has 0 aromatic heterocycles. The van der Waals surface area contributed by atoms with Crippen molar-refractivity contribution in [2.75, 3.05) is 0 Å². The highest BCUT2D eigenvalue weighted by Crippen LogP contribution is 2.36. The van der Waals surface area contributed by atoms with Gasteiger partial charge in [0.1, 0.15) is 5.75 Å². The molecule has 0 aliphatic carbocycles. The van der Waals surface area contributed by atoms with Crippen molar-refractivity contribution >= 4 is 6.08 Å². The van der Waals surface area contributed by atoms with Crippen LogP contribution in [-0.4, -0.2) is 5.11 Å². The minimum absolute atomic E-state index is 0.322. The van der Waals surface area contributed by atoms with E-state index < -0.39 is 0 Å². The number of hydrogen-bond donors (Lipinski definition) is 1. The first kappa shape index (κ1) is 11.5. The summed E-state index contributed by atoms with van der Waals surface area (Å²) in [5.41, 5.74) is 5.24. The van der Waals surface area contributed by atoms with E-state index >= 15 is 0 Å². The van der Waals surface area contributed by atoms with E-state index in [1.807, 2.05) is 50.3 Å². The Kier molecular flexibility index (Phi) is 3.01. The number of phenolic OH excluding ortho intramolecular Hbond substituents is 1. The van der Waals surface area contributed by atoms with Crippen molar-refractivity contribution in [2.45, 2.75) is 13.8 Å². The summed E-state index contributed by atoms with van der Waals surface area (Å²) in [5, 5.41) is 10.1. The van der Waals surface area contributed by atoms with Gasteiger partial charge in [0, 0.05) is 5.56 Å². The molecule has 0 amide bonds. The van der Waals surface area contributed by atoms with Crippen molar-refractivity contribution in [1.82, 2.24) is 0 Å². The van der Waals surface area contributed by atoms with Gasteiger partial charge in [-0.2, -0.15) is 0 Å². The van der Waals surface area contributed by atoms with E-state index in [4.69, 9.17) is 0 Å². The van der Waals surface area contributed by atoms with Crippen molar-refractivity contribution in [1.29, 1.82) is 0 Å². The monoisotopic (exact) mass is 224 g/mol. The van der Waals surface area contributed by atoms with Crippen molar-refractivity contribution in [3.05, 3.63) is 59.7 Å². The molecule has 0 bridgehead atoms. The van der Waals surface area contributed by atoms with Gasteiger partial charge < -0.3 is 5.11 Å². The Morgan fingerprint density at radius 3 is 2.12 bits per heavy atom. The minimum atomic E-state index is 0.322. The Bertz CT molecular complexity index is 547. The van der Waals surface area contributed by atoms with Crippen molar-refractivity contribution < 1.29 is 5.11 Å². The second-order valence-electron chi connectivity index (χ2n) is 4.21. The molecule has 17 heavy (non-hydrogen) atoms. The smallest absolute Gasteiger partial charge is 0.123 e. The molecule has 0 fully saturated rings. The summed E-state index contributed by atoms with van der Waals surface area (Å²) in [6.45, 7) is 7.89. The summed E-state index contributed by atoms with van der Waals surface area (Å²) in [5.74, 6) is 0.322. The lowest BCUT2D eigenvalue weighted by Gasteiger charge is -2.14. The SMILES string of the molecule is C=Cc1cccc(C)c1-c1c(C)cccc1O. The Labute approximate surface area is 102 Å². The Hall–Kier alpha value is -2.02. The molecular weight excluding hydrogens is 208 g/mol. The van der Waals surface area contributed by atoms with E-state index in [-0.39, 0.29) is 0 Å². The number of rotatable bonds is 2. The molecule has 1 heteroatoms. The van der Waals surface area contributed by atoms with E-state index in [2.05, 4.69) is 6.58 Å². The predicted molar refractivity (Wildman–Crippen MR) is 73.1 cm³/mol. The zero-order valence-corrected chi connectivity index (χ0v) is 10.2. The first-order valence-corrected chi connectivity index (χ1v) is 5.66. The largest absolute Gasteiger partial charge is 0.507 e. The van der Waals surface area contributed by atoms with E-state index in [0.29, 0.717) is 5.75 Å². The average molecular weight is 224 g/mol. The van der Waals surface area contributed by atoms with Gasteiger partial charge in [-0.25, -0.2) is 0 Å². The summed E-state index contributed by atoms with van der Waals surface area (Å²) < 4.78 is 0. The third kappa shape index (κ3) is 1.96. The van der Waals surface area contributed by atoms with Gasteiger partial charge in [-0.3, -0.25) is 0 Å². The third-order valence-corrected chi connectivity index (χ3v) is 3.03. The van der Waals surface area contributed by atoms with Crippen molar-refractivity contribution in [3.8, 4) is 16.9 Å². The normalized spacial score (nSPS) is 10.2. The molecule has 1 nitrogen and oxygen atoms in total. The fraction of sp³-hybridized carbons (Fsp3) is 0.125. The molecule has 2 aromatic carbocycles. The molecule has 0 atom stereocenters. The number of aromatic hydroxyl groups is 1. The standard InChI is InChI=1S/C16H16O/c1-4-13-9-5-7-11(2)15(13)16-12(3)8-6-10-14(16)17/h4-10,17H,1H2,2-3H3. The van der Waals surface area contributed by atoms with E-state index in [1.165, 1.54) is 0 Å². The average Bonchev–Trinajstić information content (AvgIpc) is 2.30. The van der Waals surface area contributed by atoms with Gasteiger partial charge in [0.25, 0.3) is 0 Å². The molecule has 0 spiro atoms. The molecule has 2 rings (SSSR count). The molecule has 0 saturated heterocycles. The summed E-state index contributed by atoms with van der Waals surface area (Å²) in [6, 6.07) is 11.7.